The number of anilines is 2. The summed E-state index contributed by atoms with van der Waals surface area (Å²) in [5.74, 6) is 1.13. The molecular formula is C11H20N4. The van der Waals surface area contributed by atoms with Crippen LogP contribution in [-0.4, -0.2) is 16.5 Å². The summed E-state index contributed by atoms with van der Waals surface area (Å²) in [5.41, 5.74) is 6.73. The van der Waals surface area contributed by atoms with Crippen molar-refractivity contribution in [1.82, 2.24) is 9.97 Å². The van der Waals surface area contributed by atoms with E-state index in [1.165, 1.54) is 0 Å². The van der Waals surface area contributed by atoms with Gasteiger partial charge in [-0.15, -0.1) is 0 Å². The lowest BCUT2D eigenvalue weighted by Crippen LogP contribution is -2.22. The Hall–Kier alpha value is -1.32. The molecule has 0 aliphatic rings. The zero-order valence-electron chi connectivity index (χ0n) is 9.96. The first-order chi connectivity index (χ1) is 6.93. The summed E-state index contributed by atoms with van der Waals surface area (Å²) >= 11 is 0. The van der Waals surface area contributed by atoms with Gasteiger partial charge in [0, 0.05) is 18.3 Å². The van der Waals surface area contributed by atoms with Crippen molar-refractivity contribution in [3.05, 3.63) is 11.8 Å². The summed E-state index contributed by atoms with van der Waals surface area (Å²) in [6.45, 7) is 9.42. The molecule has 0 radical (unpaired) electrons. The Balaban J connectivity index is 2.65. The van der Waals surface area contributed by atoms with Crippen LogP contribution in [0.3, 0.4) is 0 Å². The van der Waals surface area contributed by atoms with E-state index in [0.29, 0.717) is 5.95 Å². The normalized spacial score (nSPS) is 11.5. The van der Waals surface area contributed by atoms with Crippen LogP contribution in [0.2, 0.25) is 0 Å². The Labute approximate surface area is 91.3 Å². The van der Waals surface area contributed by atoms with Crippen LogP contribution in [0.1, 0.15) is 32.9 Å². The minimum absolute atomic E-state index is 0.271. The van der Waals surface area contributed by atoms with Crippen LogP contribution >= 0.6 is 0 Å². The number of hydrogen-bond acceptors (Lipinski definition) is 4. The molecule has 84 valence electrons. The van der Waals surface area contributed by atoms with Crippen LogP contribution < -0.4 is 11.1 Å². The molecule has 0 fully saturated rings. The van der Waals surface area contributed by atoms with Crippen LogP contribution in [-0.2, 0) is 0 Å². The van der Waals surface area contributed by atoms with Gasteiger partial charge >= 0.3 is 0 Å². The second kappa shape index (κ2) is 4.47. The predicted molar refractivity (Wildman–Crippen MR) is 63.7 cm³/mol. The zero-order chi connectivity index (χ0) is 11.5. The van der Waals surface area contributed by atoms with Crippen LogP contribution in [0.25, 0.3) is 0 Å². The van der Waals surface area contributed by atoms with Crippen molar-refractivity contribution in [2.24, 2.45) is 5.41 Å². The molecule has 0 saturated carbocycles. The average molecular weight is 208 g/mol. The maximum absolute atomic E-state index is 5.57. The van der Waals surface area contributed by atoms with Crippen molar-refractivity contribution in [3.8, 4) is 0 Å². The van der Waals surface area contributed by atoms with Crippen molar-refractivity contribution < 1.29 is 0 Å². The lowest BCUT2D eigenvalue weighted by molar-refractivity contribution is 0.376. The first-order valence-corrected chi connectivity index (χ1v) is 5.28. The van der Waals surface area contributed by atoms with Crippen molar-refractivity contribution in [1.29, 1.82) is 0 Å². The molecule has 4 nitrogen and oxygen atoms in total. The third-order valence-corrected chi connectivity index (χ3v) is 2.58. The van der Waals surface area contributed by atoms with Gasteiger partial charge in [-0.3, -0.25) is 0 Å². The summed E-state index contributed by atoms with van der Waals surface area (Å²) in [6.07, 6.45) is 1.12. The van der Waals surface area contributed by atoms with E-state index in [1.807, 2.05) is 13.0 Å². The van der Waals surface area contributed by atoms with Gasteiger partial charge in [-0.05, 0) is 18.8 Å². The van der Waals surface area contributed by atoms with E-state index in [0.717, 1.165) is 24.5 Å². The summed E-state index contributed by atoms with van der Waals surface area (Å²) in [4.78, 5) is 8.15. The fourth-order valence-electron chi connectivity index (χ4n) is 1.14. The second-order valence-electron chi connectivity index (χ2n) is 4.62. The minimum Gasteiger partial charge on any atom is -0.369 e. The highest BCUT2D eigenvalue weighted by Gasteiger charge is 2.14. The monoisotopic (exact) mass is 208 g/mol. The highest BCUT2D eigenvalue weighted by Crippen LogP contribution is 2.20. The molecule has 15 heavy (non-hydrogen) atoms. The minimum atomic E-state index is 0.271. The van der Waals surface area contributed by atoms with E-state index in [4.69, 9.17) is 5.73 Å². The Morgan fingerprint density at radius 1 is 1.40 bits per heavy atom. The van der Waals surface area contributed by atoms with Crippen LogP contribution in [0, 0.1) is 12.3 Å². The lowest BCUT2D eigenvalue weighted by Gasteiger charge is -2.23. The van der Waals surface area contributed by atoms with Crippen LogP contribution in [0.15, 0.2) is 6.07 Å². The standard InChI is InChI=1S/C11H20N4/c1-5-11(3,4)7-13-9-6-8(2)14-10(12)15-9/h6H,5,7H2,1-4H3,(H3,12,13,14,15). The topological polar surface area (TPSA) is 63.8 Å². The quantitative estimate of drug-likeness (QED) is 0.796. The maximum Gasteiger partial charge on any atom is 0.222 e. The highest BCUT2D eigenvalue weighted by molar-refractivity contribution is 5.40. The molecule has 1 rings (SSSR count). The van der Waals surface area contributed by atoms with E-state index >= 15 is 0 Å². The number of nitrogens with one attached hydrogen (secondary N) is 1. The van der Waals surface area contributed by atoms with Crippen molar-refractivity contribution >= 4 is 11.8 Å². The molecule has 1 aromatic heterocycles. The summed E-state index contributed by atoms with van der Waals surface area (Å²) < 4.78 is 0. The average Bonchev–Trinajstić information content (AvgIpc) is 2.14. The molecule has 0 amide bonds. The largest absolute Gasteiger partial charge is 0.369 e. The molecule has 0 saturated heterocycles. The van der Waals surface area contributed by atoms with Gasteiger partial charge in [-0.2, -0.15) is 4.98 Å². The number of nitrogens with two attached hydrogens (primary N) is 1. The molecule has 4 heteroatoms. The molecule has 0 unspecified atom stereocenters. The first-order valence-electron chi connectivity index (χ1n) is 5.28. The van der Waals surface area contributed by atoms with Gasteiger partial charge in [-0.1, -0.05) is 20.8 Å². The zero-order valence-corrected chi connectivity index (χ0v) is 9.96. The number of aryl methyl sites for hydroxylation is 1. The van der Waals surface area contributed by atoms with Gasteiger partial charge in [0.15, 0.2) is 0 Å². The molecule has 3 N–H and O–H groups in total. The van der Waals surface area contributed by atoms with Crippen LogP contribution in [0.4, 0.5) is 11.8 Å². The maximum atomic E-state index is 5.57. The van der Waals surface area contributed by atoms with Gasteiger partial charge in [-0.25, -0.2) is 4.98 Å². The fourth-order valence-corrected chi connectivity index (χ4v) is 1.14. The summed E-state index contributed by atoms with van der Waals surface area (Å²) in [7, 11) is 0. The van der Waals surface area contributed by atoms with E-state index < -0.39 is 0 Å². The van der Waals surface area contributed by atoms with Gasteiger partial charge in [0.25, 0.3) is 0 Å². The molecule has 0 aliphatic heterocycles. The third-order valence-electron chi connectivity index (χ3n) is 2.58. The first kappa shape index (κ1) is 11.8. The Morgan fingerprint density at radius 2 is 2.07 bits per heavy atom. The molecule has 1 aromatic rings. The van der Waals surface area contributed by atoms with Gasteiger partial charge in [0.05, 0.1) is 0 Å². The molecule has 0 aromatic carbocycles. The lowest BCUT2D eigenvalue weighted by atomic mass is 9.90. The molecule has 0 atom stereocenters. The Kier molecular flexibility index (Phi) is 3.50. The van der Waals surface area contributed by atoms with Gasteiger partial charge in [0.2, 0.25) is 5.95 Å². The van der Waals surface area contributed by atoms with E-state index in [1.54, 1.807) is 0 Å². The van der Waals surface area contributed by atoms with Gasteiger partial charge < -0.3 is 11.1 Å². The van der Waals surface area contributed by atoms with E-state index in [-0.39, 0.29) is 5.41 Å². The number of nitrogen functional groups attached to an aromatic ring is 1. The fraction of sp³-hybridized carbons (Fsp3) is 0.636. The summed E-state index contributed by atoms with van der Waals surface area (Å²) in [6, 6.07) is 1.90. The van der Waals surface area contributed by atoms with E-state index in [2.05, 4.69) is 36.1 Å². The highest BCUT2D eigenvalue weighted by atomic mass is 15.1. The Bertz CT molecular complexity index is 313. The van der Waals surface area contributed by atoms with Crippen molar-refractivity contribution in [2.45, 2.75) is 34.1 Å². The van der Waals surface area contributed by atoms with Crippen molar-refractivity contribution in [3.63, 3.8) is 0 Å². The number of nitrogens with zero attached hydrogens (tertiary/aromatic N) is 2. The van der Waals surface area contributed by atoms with Gasteiger partial charge in [0.1, 0.15) is 5.82 Å². The summed E-state index contributed by atoms with van der Waals surface area (Å²) in [5, 5.41) is 3.29. The number of aromatic nitrogens is 2. The molecular weight excluding hydrogens is 188 g/mol. The Morgan fingerprint density at radius 3 is 2.60 bits per heavy atom. The van der Waals surface area contributed by atoms with Crippen LogP contribution in [0.5, 0.6) is 0 Å². The number of rotatable bonds is 4. The number of hydrogen-bond donors (Lipinski definition) is 2. The smallest absolute Gasteiger partial charge is 0.222 e. The van der Waals surface area contributed by atoms with E-state index in [9.17, 15) is 0 Å². The van der Waals surface area contributed by atoms with Crippen molar-refractivity contribution in [2.75, 3.05) is 17.6 Å². The SMILES string of the molecule is CCC(C)(C)CNc1cc(C)nc(N)n1. The predicted octanol–water partition coefficient (Wildman–Crippen LogP) is 2.22. The molecule has 0 bridgehead atoms. The molecule has 0 spiro atoms. The second-order valence-corrected chi connectivity index (χ2v) is 4.62. The molecule has 1 heterocycles. The molecule has 0 aliphatic carbocycles. The third kappa shape index (κ3) is 3.73.